The predicted molar refractivity (Wildman–Crippen MR) is 72.5 cm³/mol. The Morgan fingerprint density at radius 3 is 2.44 bits per heavy atom. The molecule has 0 aromatic carbocycles. The highest BCUT2D eigenvalue weighted by molar-refractivity contribution is 4.99. The zero-order valence-electron chi connectivity index (χ0n) is 11.3. The van der Waals surface area contributed by atoms with Crippen LogP contribution in [0.4, 0.5) is 0 Å². The van der Waals surface area contributed by atoms with Crippen molar-refractivity contribution < 1.29 is 0 Å². The molecular weight excluding hydrogens is 222 g/mol. The molecule has 2 saturated carbocycles. The topological polar surface area (TPSA) is 41.6 Å². The van der Waals surface area contributed by atoms with E-state index in [0.29, 0.717) is 5.92 Å². The predicted octanol–water partition coefficient (Wildman–Crippen LogP) is 3.98. The van der Waals surface area contributed by atoms with Crippen molar-refractivity contribution in [3.63, 3.8) is 0 Å². The van der Waals surface area contributed by atoms with E-state index in [9.17, 15) is 0 Å². The number of H-pyrrole nitrogens is 1. The van der Waals surface area contributed by atoms with Gasteiger partial charge in [-0.15, -0.1) is 0 Å². The number of hydrogen-bond donors (Lipinski definition) is 1. The first-order chi connectivity index (χ1) is 8.92. The lowest BCUT2D eigenvalue weighted by molar-refractivity contribution is 0.429. The van der Waals surface area contributed by atoms with E-state index in [1.807, 2.05) is 0 Å². The zero-order chi connectivity index (χ0) is 12.2. The fourth-order valence-electron chi connectivity index (χ4n) is 3.61. The Kier molecular flexibility index (Phi) is 3.96. The lowest BCUT2D eigenvalue weighted by Gasteiger charge is -2.18. The van der Waals surface area contributed by atoms with E-state index in [0.717, 1.165) is 24.0 Å². The van der Waals surface area contributed by atoms with Gasteiger partial charge in [-0.2, -0.15) is 5.10 Å². The number of hydrogen-bond acceptors (Lipinski definition) is 2. The summed E-state index contributed by atoms with van der Waals surface area (Å²) in [5.41, 5.74) is 0. The summed E-state index contributed by atoms with van der Waals surface area (Å²) in [5, 5.41) is 7.61. The lowest BCUT2D eigenvalue weighted by Crippen LogP contribution is -2.06. The van der Waals surface area contributed by atoms with Crippen LogP contribution in [-0.4, -0.2) is 15.2 Å². The molecule has 2 aliphatic carbocycles. The van der Waals surface area contributed by atoms with Gasteiger partial charge in [-0.25, -0.2) is 4.98 Å². The first kappa shape index (κ1) is 12.2. The van der Waals surface area contributed by atoms with Crippen LogP contribution in [0.5, 0.6) is 0 Å². The highest BCUT2D eigenvalue weighted by Gasteiger charge is 2.20. The number of aryl methyl sites for hydroxylation is 1. The Balaban J connectivity index is 1.52. The van der Waals surface area contributed by atoms with Gasteiger partial charge in [0.25, 0.3) is 0 Å². The van der Waals surface area contributed by atoms with E-state index in [-0.39, 0.29) is 0 Å². The molecule has 2 fully saturated rings. The van der Waals surface area contributed by atoms with E-state index in [4.69, 9.17) is 4.98 Å². The van der Waals surface area contributed by atoms with Crippen LogP contribution in [0.25, 0.3) is 0 Å². The number of nitrogens with one attached hydrogen (secondary N) is 1. The van der Waals surface area contributed by atoms with E-state index >= 15 is 0 Å². The monoisotopic (exact) mass is 247 g/mol. The van der Waals surface area contributed by atoms with E-state index < -0.39 is 0 Å². The average Bonchev–Trinajstić information content (AvgIpc) is 3.09. The van der Waals surface area contributed by atoms with E-state index in [1.165, 1.54) is 64.2 Å². The molecule has 3 rings (SSSR count). The molecule has 0 bridgehead atoms. The second-order valence-electron chi connectivity index (χ2n) is 6.16. The molecule has 0 radical (unpaired) electrons. The van der Waals surface area contributed by atoms with E-state index in [2.05, 4.69) is 10.2 Å². The molecule has 3 heteroatoms. The third kappa shape index (κ3) is 2.93. The van der Waals surface area contributed by atoms with Crippen LogP contribution in [-0.2, 0) is 6.42 Å². The van der Waals surface area contributed by atoms with Gasteiger partial charge >= 0.3 is 0 Å². The Morgan fingerprint density at radius 1 is 0.944 bits per heavy atom. The van der Waals surface area contributed by atoms with Gasteiger partial charge in [0.05, 0.1) is 0 Å². The molecule has 3 nitrogen and oxygen atoms in total. The van der Waals surface area contributed by atoms with Crippen LogP contribution < -0.4 is 0 Å². The summed E-state index contributed by atoms with van der Waals surface area (Å²) in [6.45, 7) is 0. The summed E-state index contributed by atoms with van der Waals surface area (Å²) >= 11 is 0. The average molecular weight is 247 g/mol. The SMILES string of the molecule is C1CCC(c2n[nH]c(CCC3CCCC3)n2)CC1. The molecular formula is C15H25N3. The van der Waals surface area contributed by atoms with Crippen LogP contribution >= 0.6 is 0 Å². The van der Waals surface area contributed by atoms with Gasteiger partial charge in [0.15, 0.2) is 5.82 Å². The van der Waals surface area contributed by atoms with Crippen molar-refractivity contribution in [2.75, 3.05) is 0 Å². The molecule has 2 aliphatic rings. The van der Waals surface area contributed by atoms with Crippen molar-refractivity contribution in [2.45, 2.75) is 76.5 Å². The third-order valence-corrected chi connectivity index (χ3v) is 4.78. The molecule has 100 valence electrons. The summed E-state index contributed by atoms with van der Waals surface area (Å²) in [6.07, 6.45) is 14.8. The molecule has 0 spiro atoms. The molecule has 0 aliphatic heterocycles. The number of nitrogens with zero attached hydrogens (tertiary/aromatic N) is 2. The highest BCUT2D eigenvalue weighted by Crippen LogP contribution is 2.31. The summed E-state index contributed by atoms with van der Waals surface area (Å²) in [7, 11) is 0. The van der Waals surface area contributed by atoms with Gasteiger partial charge in [-0.05, 0) is 25.2 Å². The van der Waals surface area contributed by atoms with Crippen molar-refractivity contribution in [1.82, 2.24) is 15.2 Å². The first-order valence-electron chi connectivity index (χ1n) is 7.83. The fraction of sp³-hybridized carbons (Fsp3) is 0.867. The maximum Gasteiger partial charge on any atom is 0.153 e. The molecule has 0 unspecified atom stereocenters. The van der Waals surface area contributed by atoms with Gasteiger partial charge < -0.3 is 0 Å². The van der Waals surface area contributed by atoms with Crippen molar-refractivity contribution >= 4 is 0 Å². The maximum atomic E-state index is 4.73. The molecule has 1 N–H and O–H groups in total. The second-order valence-corrected chi connectivity index (χ2v) is 6.16. The Morgan fingerprint density at radius 2 is 1.67 bits per heavy atom. The van der Waals surface area contributed by atoms with Crippen LogP contribution in [0.15, 0.2) is 0 Å². The molecule has 0 atom stereocenters. The minimum atomic E-state index is 0.634. The van der Waals surface area contributed by atoms with E-state index in [1.54, 1.807) is 0 Å². The third-order valence-electron chi connectivity index (χ3n) is 4.78. The Bertz CT molecular complexity index is 360. The summed E-state index contributed by atoms with van der Waals surface area (Å²) in [6, 6.07) is 0. The molecule has 0 saturated heterocycles. The second kappa shape index (κ2) is 5.85. The summed E-state index contributed by atoms with van der Waals surface area (Å²) < 4.78 is 0. The maximum absolute atomic E-state index is 4.73. The van der Waals surface area contributed by atoms with Crippen molar-refractivity contribution in [2.24, 2.45) is 5.92 Å². The van der Waals surface area contributed by atoms with Gasteiger partial charge in [0, 0.05) is 12.3 Å². The molecule has 18 heavy (non-hydrogen) atoms. The van der Waals surface area contributed by atoms with Crippen LogP contribution in [0.3, 0.4) is 0 Å². The van der Waals surface area contributed by atoms with Gasteiger partial charge in [-0.1, -0.05) is 44.9 Å². The fourth-order valence-corrected chi connectivity index (χ4v) is 3.61. The molecule has 1 aromatic heterocycles. The van der Waals surface area contributed by atoms with Crippen LogP contribution in [0.2, 0.25) is 0 Å². The van der Waals surface area contributed by atoms with Crippen LogP contribution in [0.1, 0.15) is 81.8 Å². The minimum Gasteiger partial charge on any atom is -0.263 e. The Labute approximate surface area is 110 Å². The lowest BCUT2D eigenvalue weighted by atomic mass is 9.89. The number of rotatable bonds is 4. The van der Waals surface area contributed by atoms with Crippen molar-refractivity contribution in [3.05, 3.63) is 11.6 Å². The minimum absolute atomic E-state index is 0.634. The zero-order valence-corrected chi connectivity index (χ0v) is 11.3. The van der Waals surface area contributed by atoms with Crippen LogP contribution in [0, 0.1) is 5.92 Å². The Hall–Kier alpha value is -0.860. The van der Waals surface area contributed by atoms with Crippen molar-refractivity contribution in [3.8, 4) is 0 Å². The summed E-state index contributed by atoms with van der Waals surface area (Å²) in [5.74, 6) is 3.81. The summed E-state index contributed by atoms with van der Waals surface area (Å²) in [4.78, 5) is 4.73. The smallest absolute Gasteiger partial charge is 0.153 e. The molecule has 1 aromatic rings. The quantitative estimate of drug-likeness (QED) is 0.874. The van der Waals surface area contributed by atoms with Gasteiger partial charge in [0.2, 0.25) is 0 Å². The highest BCUT2D eigenvalue weighted by atomic mass is 15.2. The standard InChI is InChI=1S/C15H25N3/c1-2-8-13(9-3-1)15-16-14(17-18-15)11-10-12-6-4-5-7-12/h12-13H,1-11H2,(H,16,17,18). The number of aromatic nitrogens is 3. The van der Waals surface area contributed by atoms with Gasteiger partial charge in [0.1, 0.15) is 5.82 Å². The number of aromatic amines is 1. The normalized spacial score (nSPS) is 22.7. The first-order valence-corrected chi connectivity index (χ1v) is 7.83. The largest absolute Gasteiger partial charge is 0.263 e. The molecule has 1 heterocycles. The molecule has 0 amide bonds. The van der Waals surface area contributed by atoms with Gasteiger partial charge in [-0.3, -0.25) is 5.10 Å². The van der Waals surface area contributed by atoms with Crippen molar-refractivity contribution in [1.29, 1.82) is 0 Å².